The zero-order valence-corrected chi connectivity index (χ0v) is 8.61. The maximum Gasteiger partial charge on any atom is 0.229 e. The molecule has 1 heterocycles. The molecule has 80 valence electrons. The molecule has 2 fully saturated rings. The van der Waals surface area contributed by atoms with Crippen LogP contribution < -0.4 is 5.73 Å². The van der Waals surface area contributed by atoms with Crippen molar-refractivity contribution in [2.45, 2.75) is 31.8 Å². The van der Waals surface area contributed by atoms with Gasteiger partial charge in [-0.3, -0.25) is 4.79 Å². The van der Waals surface area contributed by atoms with Crippen molar-refractivity contribution >= 4 is 5.91 Å². The van der Waals surface area contributed by atoms with Gasteiger partial charge in [-0.2, -0.15) is 0 Å². The van der Waals surface area contributed by atoms with Crippen molar-refractivity contribution in [3.63, 3.8) is 0 Å². The summed E-state index contributed by atoms with van der Waals surface area (Å²) in [6, 6.07) is 0.385. The van der Waals surface area contributed by atoms with Crippen LogP contribution in [0.15, 0.2) is 0 Å². The van der Waals surface area contributed by atoms with E-state index in [9.17, 15) is 4.79 Å². The van der Waals surface area contributed by atoms with Crippen LogP contribution in [0.2, 0.25) is 0 Å². The molecule has 0 spiro atoms. The number of nitrogens with zero attached hydrogens (tertiary/aromatic N) is 1. The van der Waals surface area contributed by atoms with Crippen molar-refractivity contribution in [2.24, 2.45) is 11.7 Å². The predicted molar refractivity (Wildman–Crippen MR) is 52.7 cm³/mol. The molecule has 1 saturated carbocycles. The molecule has 2 unspecified atom stereocenters. The van der Waals surface area contributed by atoms with Gasteiger partial charge in [-0.15, -0.1) is 0 Å². The van der Waals surface area contributed by atoms with Gasteiger partial charge in [-0.1, -0.05) is 0 Å². The minimum atomic E-state index is -0.102. The Labute approximate surface area is 84.4 Å². The summed E-state index contributed by atoms with van der Waals surface area (Å²) < 4.78 is 5.21. The van der Waals surface area contributed by atoms with E-state index in [4.69, 9.17) is 10.5 Å². The molecule has 2 N–H and O–H groups in total. The minimum Gasteiger partial charge on any atom is -0.379 e. The Morgan fingerprint density at radius 1 is 1.50 bits per heavy atom. The van der Waals surface area contributed by atoms with Gasteiger partial charge < -0.3 is 15.4 Å². The highest BCUT2D eigenvalue weighted by atomic mass is 16.5. The van der Waals surface area contributed by atoms with E-state index in [-0.39, 0.29) is 17.9 Å². The number of amides is 1. The normalized spacial score (nSPS) is 31.9. The first-order chi connectivity index (χ1) is 6.74. The number of carbonyl (C=O) groups is 1. The molecule has 1 aliphatic carbocycles. The molecule has 1 aliphatic heterocycles. The number of nitrogens with two attached hydrogens (primary N) is 1. The summed E-state index contributed by atoms with van der Waals surface area (Å²) in [5.74, 6) is 0.0931. The summed E-state index contributed by atoms with van der Waals surface area (Å²) in [4.78, 5) is 14.0. The summed E-state index contributed by atoms with van der Waals surface area (Å²) in [6.07, 6.45) is 2.31. The average Bonchev–Trinajstić information content (AvgIpc) is 2.90. The monoisotopic (exact) mass is 198 g/mol. The van der Waals surface area contributed by atoms with Gasteiger partial charge in [0.1, 0.15) is 0 Å². The van der Waals surface area contributed by atoms with E-state index < -0.39 is 0 Å². The van der Waals surface area contributed by atoms with Gasteiger partial charge in [-0.05, 0) is 19.8 Å². The van der Waals surface area contributed by atoms with Crippen LogP contribution >= 0.6 is 0 Å². The van der Waals surface area contributed by atoms with Crippen LogP contribution in [0.25, 0.3) is 0 Å². The van der Waals surface area contributed by atoms with Crippen LogP contribution in [0.5, 0.6) is 0 Å². The lowest BCUT2D eigenvalue weighted by molar-refractivity contribution is -0.136. The molecular weight excluding hydrogens is 180 g/mol. The van der Waals surface area contributed by atoms with Crippen LogP contribution in [0.4, 0.5) is 0 Å². The van der Waals surface area contributed by atoms with Gasteiger partial charge in [0.25, 0.3) is 0 Å². The van der Waals surface area contributed by atoms with E-state index in [2.05, 4.69) is 0 Å². The van der Waals surface area contributed by atoms with Gasteiger partial charge in [0.15, 0.2) is 0 Å². The van der Waals surface area contributed by atoms with Crippen LogP contribution in [0.1, 0.15) is 19.8 Å². The molecule has 1 saturated heterocycles. The van der Waals surface area contributed by atoms with Gasteiger partial charge in [-0.25, -0.2) is 0 Å². The van der Waals surface area contributed by atoms with E-state index in [1.54, 1.807) is 0 Å². The summed E-state index contributed by atoms with van der Waals surface area (Å²) >= 11 is 0. The fourth-order valence-electron chi connectivity index (χ4n) is 2.02. The van der Waals surface area contributed by atoms with E-state index in [0.717, 1.165) is 19.4 Å². The largest absolute Gasteiger partial charge is 0.379 e. The lowest BCUT2D eigenvalue weighted by Crippen LogP contribution is -2.44. The molecular formula is C10H18N2O2. The van der Waals surface area contributed by atoms with E-state index in [0.29, 0.717) is 19.3 Å². The average molecular weight is 198 g/mol. The summed E-state index contributed by atoms with van der Waals surface area (Å²) in [5, 5.41) is 0. The summed E-state index contributed by atoms with van der Waals surface area (Å²) in [6.45, 7) is 3.85. The standard InChI is InChI=1S/C10H18N2O2/c1-2-12(7-3-4-7)10(13)8-5-14-6-9(8)11/h7-9H,2-6,11H2,1H3. The first kappa shape index (κ1) is 9.93. The first-order valence-electron chi connectivity index (χ1n) is 5.37. The van der Waals surface area contributed by atoms with Crippen LogP contribution in [-0.4, -0.2) is 42.6 Å². The van der Waals surface area contributed by atoms with E-state index >= 15 is 0 Å². The second-order valence-electron chi connectivity index (χ2n) is 4.16. The van der Waals surface area contributed by atoms with Crippen LogP contribution in [0, 0.1) is 5.92 Å². The van der Waals surface area contributed by atoms with Gasteiger partial charge in [0.2, 0.25) is 5.91 Å². The van der Waals surface area contributed by atoms with Gasteiger partial charge >= 0.3 is 0 Å². The molecule has 4 heteroatoms. The van der Waals surface area contributed by atoms with Crippen molar-refractivity contribution < 1.29 is 9.53 Å². The molecule has 0 bridgehead atoms. The molecule has 2 atom stereocenters. The van der Waals surface area contributed by atoms with E-state index in [1.807, 2.05) is 11.8 Å². The Balaban J connectivity index is 1.97. The highest BCUT2D eigenvalue weighted by Gasteiger charge is 2.39. The van der Waals surface area contributed by atoms with Crippen LogP contribution in [-0.2, 0) is 9.53 Å². The molecule has 4 nitrogen and oxygen atoms in total. The zero-order chi connectivity index (χ0) is 10.1. The third-order valence-electron chi connectivity index (χ3n) is 3.05. The molecule has 0 aromatic heterocycles. The maximum absolute atomic E-state index is 12.0. The highest BCUT2D eigenvalue weighted by Crippen LogP contribution is 2.29. The Kier molecular flexibility index (Phi) is 2.74. The topological polar surface area (TPSA) is 55.6 Å². The predicted octanol–water partition coefficient (Wildman–Crippen LogP) is -0.0290. The number of hydrogen-bond acceptors (Lipinski definition) is 3. The second kappa shape index (κ2) is 3.87. The van der Waals surface area contributed by atoms with Gasteiger partial charge in [0, 0.05) is 18.6 Å². The molecule has 1 amide bonds. The fraction of sp³-hybridized carbons (Fsp3) is 0.900. The number of hydrogen-bond donors (Lipinski definition) is 1. The Morgan fingerprint density at radius 2 is 2.21 bits per heavy atom. The van der Waals surface area contributed by atoms with Crippen molar-refractivity contribution in [1.82, 2.24) is 4.90 Å². The molecule has 2 aliphatic rings. The molecule has 0 aromatic rings. The summed E-state index contributed by atoms with van der Waals surface area (Å²) in [5.41, 5.74) is 5.82. The highest BCUT2D eigenvalue weighted by molar-refractivity contribution is 5.80. The molecule has 14 heavy (non-hydrogen) atoms. The fourth-order valence-corrected chi connectivity index (χ4v) is 2.02. The minimum absolute atomic E-state index is 0.101. The quantitative estimate of drug-likeness (QED) is 0.693. The molecule has 0 aromatic carbocycles. The molecule has 2 rings (SSSR count). The van der Waals surface area contributed by atoms with E-state index in [1.165, 1.54) is 0 Å². The lowest BCUT2D eigenvalue weighted by Gasteiger charge is -2.24. The SMILES string of the molecule is CCN(C(=O)C1COCC1N)C1CC1. The number of carbonyl (C=O) groups excluding carboxylic acids is 1. The zero-order valence-electron chi connectivity index (χ0n) is 8.61. The van der Waals surface area contributed by atoms with Crippen molar-refractivity contribution in [1.29, 1.82) is 0 Å². The smallest absolute Gasteiger partial charge is 0.229 e. The van der Waals surface area contributed by atoms with Crippen molar-refractivity contribution in [3.8, 4) is 0 Å². The molecule has 0 radical (unpaired) electrons. The number of ether oxygens (including phenoxy) is 1. The maximum atomic E-state index is 12.0. The Hall–Kier alpha value is -0.610. The van der Waals surface area contributed by atoms with Crippen LogP contribution in [0.3, 0.4) is 0 Å². The third kappa shape index (κ3) is 1.77. The Bertz CT molecular complexity index is 224. The summed E-state index contributed by atoms with van der Waals surface area (Å²) in [7, 11) is 0. The van der Waals surface area contributed by atoms with Crippen molar-refractivity contribution in [2.75, 3.05) is 19.8 Å². The van der Waals surface area contributed by atoms with Gasteiger partial charge in [0.05, 0.1) is 19.1 Å². The Morgan fingerprint density at radius 3 is 2.64 bits per heavy atom. The second-order valence-corrected chi connectivity index (χ2v) is 4.16. The van der Waals surface area contributed by atoms with Crippen molar-refractivity contribution in [3.05, 3.63) is 0 Å². The first-order valence-corrected chi connectivity index (χ1v) is 5.37. The third-order valence-corrected chi connectivity index (χ3v) is 3.05. The lowest BCUT2D eigenvalue weighted by atomic mass is 10.0. The number of rotatable bonds is 3.